The van der Waals surface area contributed by atoms with Crippen LogP contribution in [0, 0.1) is 10.8 Å². The van der Waals surface area contributed by atoms with Crippen LogP contribution in [-0.4, -0.2) is 28.2 Å². The third kappa shape index (κ3) is 16.6. The van der Waals surface area contributed by atoms with Gasteiger partial charge in [0, 0.05) is 44.2 Å². The SMILES string of the molecule is CC(C)(CCC(=O)CCC=O)CC/C(O)=C/C(N)=O.CCCC(C)(C)CCc1cc(=O)[nH]o1. The molecule has 4 N–H and O–H groups in total. The van der Waals surface area contributed by atoms with Crippen molar-refractivity contribution in [2.45, 2.75) is 98.8 Å². The largest absolute Gasteiger partial charge is 0.512 e. The lowest BCUT2D eigenvalue weighted by molar-refractivity contribution is -0.121. The lowest BCUT2D eigenvalue weighted by Crippen LogP contribution is -2.15. The summed E-state index contributed by atoms with van der Waals surface area (Å²) in [6.07, 6.45) is 8.77. The normalized spacial score (nSPS) is 12.1. The van der Waals surface area contributed by atoms with E-state index in [0.717, 1.165) is 31.0 Å². The van der Waals surface area contributed by atoms with Crippen LogP contribution in [0.15, 0.2) is 27.2 Å². The van der Waals surface area contributed by atoms with Crippen molar-refractivity contribution in [3.63, 3.8) is 0 Å². The summed E-state index contributed by atoms with van der Waals surface area (Å²) in [5.41, 5.74) is 5.01. The maximum Gasteiger partial charge on any atom is 0.280 e. The maximum atomic E-state index is 11.5. The van der Waals surface area contributed by atoms with Crippen LogP contribution in [-0.2, 0) is 20.8 Å². The van der Waals surface area contributed by atoms with E-state index in [-0.39, 0.29) is 28.9 Å². The number of Topliss-reactive ketones (excluding diaryl/α,β-unsaturated/α-hetero) is 1. The summed E-state index contributed by atoms with van der Waals surface area (Å²) in [5, 5.41) is 11.7. The Morgan fingerprint density at radius 2 is 1.67 bits per heavy atom. The Bertz CT molecular complexity index is 817. The van der Waals surface area contributed by atoms with E-state index >= 15 is 0 Å². The van der Waals surface area contributed by atoms with E-state index in [1.807, 2.05) is 13.8 Å². The number of carbonyl (C=O) groups is 3. The number of aryl methyl sites for hydroxylation is 1. The summed E-state index contributed by atoms with van der Waals surface area (Å²) < 4.78 is 5.00. The molecule has 8 heteroatoms. The van der Waals surface area contributed by atoms with Gasteiger partial charge in [0.1, 0.15) is 17.8 Å². The lowest BCUT2D eigenvalue weighted by Gasteiger charge is -2.24. The first kappa shape index (κ1) is 30.4. The predicted molar refractivity (Wildman–Crippen MR) is 129 cm³/mol. The zero-order chi connectivity index (χ0) is 25.5. The molecule has 0 unspecified atom stereocenters. The molecule has 1 rings (SSSR count). The molecule has 0 saturated carbocycles. The molecular formula is C25H42N2O6. The second-order valence-corrected chi connectivity index (χ2v) is 10.0. The van der Waals surface area contributed by atoms with Gasteiger partial charge in [-0.3, -0.25) is 14.4 Å². The number of hydrogen-bond acceptors (Lipinski definition) is 6. The molecule has 1 amide bonds. The minimum absolute atomic E-state index is 0.0344. The molecule has 0 saturated heterocycles. The van der Waals surface area contributed by atoms with E-state index in [1.165, 1.54) is 18.9 Å². The number of aliphatic hydroxyl groups excluding tert-OH is 1. The number of aromatic nitrogens is 1. The Labute approximate surface area is 197 Å². The number of primary amides is 1. The Morgan fingerprint density at radius 1 is 1.06 bits per heavy atom. The highest BCUT2D eigenvalue weighted by molar-refractivity contribution is 5.86. The van der Waals surface area contributed by atoms with Crippen molar-refractivity contribution < 1.29 is 24.0 Å². The molecule has 0 spiro atoms. The van der Waals surface area contributed by atoms with Crippen molar-refractivity contribution in [1.82, 2.24) is 5.16 Å². The third-order valence-corrected chi connectivity index (χ3v) is 5.54. The van der Waals surface area contributed by atoms with Gasteiger partial charge in [0.05, 0.1) is 5.76 Å². The Hall–Kier alpha value is -2.64. The molecule has 0 aliphatic rings. The van der Waals surface area contributed by atoms with Crippen molar-refractivity contribution in [2.75, 3.05) is 0 Å². The molecular weight excluding hydrogens is 424 g/mol. The molecule has 8 nitrogen and oxygen atoms in total. The Balaban J connectivity index is 0.000000647. The fourth-order valence-corrected chi connectivity index (χ4v) is 3.36. The van der Waals surface area contributed by atoms with E-state index < -0.39 is 5.91 Å². The molecule has 0 fully saturated rings. The number of aromatic amines is 1. The summed E-state index contributed by atoms with van der Waals surface area (Å²) in [7, 11) is 0. The number of ketones is 1. The molecule has 33 heavy (non-hydrogen) atoms. The highest BCUT2D eigenvalue weighted by Crippen LogP contribution is 2.30. The molecule has 0 atom stereocenters. The van der Waals surface area contributed by atoms with Crippen LogP contribution in [0.2, 0.25) is 0 Å². The van der Waals surface area contributed by atoms with Gasteiger partial charge in [0.2, 0.25) is 5.91 Å². The predicted octanol–water partition coefficient (Wildman–Crippen LogP) is 4.78. The number of aldehydes is 1. The van der Waals surface area contributed by atoms with Gasteiger partial charge >= 0.3 is 0 Å². The summed E-state index contributed by atoms with van der Waals surface area (Å²) in [4.78, 5) is 43.0. The number of amides is 1. The fourth-order valence-electron chi connectivity index (χ4n) is 3.36. The minimum Gasteiger partial charge on any atom is -0.512 e. The van der Waals surface area contributed by atoms with Crippen LogP contribution < -0.4 is 11.3 Å². The van der Waals surface area contributed by atoms with Gasteiger partial charge in [0.15, 0.2) is 0 Å². The van der Waals surface area contributed by atoms with Crippen LogP contribution in [0.3, 0.4) is 0 Å². The lowest BCUT2D eigenvalue weighted by atomic mass is 9.82. The van der Waals surface area contributed by atoms with E-state index in [0.29, 0.717) is 37.5 Å². The number of H-pyrrole nitrogens is 1. The van der Waals surface area contributed by atoms with Crippen molar-refractivity contribution >= 4 is 18.0 Å². The van der Waals surface area contributed by atoms with Gasteiger partial charge in [-0.25, -0.2) is 0 Å². The number of allylic oxidation sites excluding steroid dienone is 1. The Kier molecular flexibility index (Phi) is 14.0. The second kappa shape index (κ2) is 15.2. The molecule has 1 aromatic rings. The zero-order valence-electron chi connectivity index (χ0n) is 20.9. The van der Waals surface area contributed by atoms with E-state index in [9.17, 15) is 24.3 Å². The van der Waals surface area contributed by atoms with Gasteiger partial charge in [0.25, 0.3) is 5.56 Å². The monoisotopic (exact) mass is 466 g/mol. The topological polar surface area (TPSA) is 143 Å². The van der Waals surface area contributed by atoms with Crippen LogP contribution >= 0.6 is 0 Å². The first-order chi connectivity index (χ1) is 15.3. The van der Waals surface area contributed by atoms with Gasteiger partial charge in [-0.15, -0.1) is 0 Å². The second-order valence-electron chi connectivity index (χ2n) is 10.0. The standard InChI is InChI=1S/C14H23NO4.C11H19NO2/c1-14(2,7-5-11(17)4-3-9-16)8-6-12(18)10-13(15)19;1-4-6-11(2,3)7-5-9-8-10(13)12-14-9/h9-10,18H,3-8H2,1-2H3,(H2,15,19);8H,4-7H2,1-3H3,(H,12,13)/b12-10-;. The smallest absolute Gasteiger partial charge is 0.280 e. The molecule has 1 aromatic heterocycles. The van der Waals surface area contributed by atoms with Crippen molar-refractivity contribution in [3.05, 3.63) is 34.0 Å². The van der Waals surface area contributed by atoms with Crippen molar-refractivity contribution in [2.24, 2.45) is 16.6 Å². The number of hydrogen-bond donors (Lipinski definition) is 3. The van der Waals surface area contributed by atoms with E-state index in [1.54, 1.807) is 0 Å². The van der Waals surface area contributed by atoms with Crippen LogP contribution in [0.4, 0.5) is 0 Å². The van der Waals surface area contributed by atoms with Crippen molar-refractivity contribution in [1.29, 1.82) is 0 Å². The van der Waals surface area contributed by atoms with Crippen LogP contribution in [0.25, 0.3) is 0 Å². The number of nitrogens with two attached hydrogens (primary N) is 1. The van der Waals surface area contributed by atoms with Crippen LogP contribution in [0.5, 0.6) is 0 Å². The average Bonchev–Trinajstić information content (AvgIpc) is 3.13. The third-order valence-electron chi connectivity index (χ3n) is 5.54. The first-order valence-electron chi connectivity index (χ1n) is 11.6. The van der Waals surface area contributed by atoms with Gasteiger partial charge in [-0.2, -0.15) is 5.16 Å². The van der Waals surface area contributed by atoms with Gasteiger partial charge < -0.3 is 20.2 Å². The molecule has 0 aliphatic heterocycles. The number of rotatable bonds is 15. The molecule has 0 radical (unpaired) electrons. The maximum absolute atomic E-state index is 11.5. The van der Waals surface area contributed by atoms with Crippen molar-refractivity contribution in [3.8, 4) is 0 Å². The van der Waals surface area contributed by atoms with Crippen LogP contribution in [0.1, 0.15) is 98.2 Å². The summed E-state index contributed by atoms with van der Waals surface area (Å²) in [6, 6.07) is 1.53. The summed E-state index contributed by atoms with van der Waals surface area (Å²) in [5.74, 6) is 0.142. The summed E-state index contributed by atoms with van der Waals surface area (Å²) in [6.45, 7) is 10.7. The average molecular weight is 467 g/mol. The fraction of sp³-hybridized carbons (Fsp3) is 0.680. The first-order valence-corrected chi connectivity index (χ1v) is 11.6. The number of aliphatic hydroxyl groups is 1. The Morgan fingerprint density at radius 3 is 2.18 bits per heavy atom. The number of carbonyl (C=O) groups excluding carboxylic acids is 3. The van der Waals surface area contributed by atoms with Gasteiger partial charge in [-0.1, -0.05) is 41.0 Å². The minimum atomic E-state index is -0.667. The molecule has 0 aliphatic carbocycles. The number of nitrogens with one attached hydrogen (secondary N) is 1. The van der Waals surface area contributed by atoms with E-state index in [4.69, 9.17) is 10.3 Å². The highest BCUT2D eigenvalue weighted by Gasteiger charge is 2.20. The van der Waals surface area contributed by atoms with E-state index in [2.05, 4.69) is 25.9 Å². The molecule has 0 bridgehead atoms. The molecule has 1 heterocycles. The highest BCUT2D eigenvalue weighted by atomic mass is 16.5. The molecule has 0 aromatic carbocycles. The zero-order valence-corrected chi connectivity index (χ0v) is 20.9. The summed E-state index contributed by atoms with van der Waals surface area (Å²) >= 11 is 0. The molecule has 188 valence electrons. The van der Waals surface area contributed by atoms with Gasteiger partial charge in [-0.05, 0) is 36.5 Å². The quantitative estimate of drug-likeness (QED) is 0.193.